The molecule has 0 bridgehead atoms. The summed E-state index contributed by atoms with van der Waals surface area (Å²) in [5.41, 5.74) is -0.209. The second kappa shape index (κ2) is 6.79. The number of hydrogen-bond donors (Lipinski definition) is 0. The van der Waals surface area contributed by atoms with Crippen LogP contribution in [0.2, 0.25) is 0 Å². The van der Waals surface area contributed by atoms with Gasteiger partial charge in [-0.15, -0.1) is 0 Å². The van der Waals surface area contributed by atoms with Gasteiger partial charge in [0.25, 0.3) is 5.22 Å². The molecule has 25 heavy (non-hydrogen) atoms. The molecule has 0 radical (unpaired) electrons. The van der Waals surface area contributed by atoms with Crippen molar-refractivity contribution >= 4 is 22.7 Å². The van der Waals surface area contributed by atoms with Gasteiger partial charge >= 0.3 is 11.8 Å². The van der Waals surface area contributed by atoms with Crippen molar-refractivity contribution in [3.05, 3.63) is 64.0 Å². The maximum Gasteiger partial charge on any atom is 0.416 e. The van der Waals surface area contributed by atoms with Gasteiger partial charge in [0.1, 0.15) is 11.3 Å². The Kier molecular flexibility index (Phi) is 4.71. The summed E-state index contributed by atoms with van der Waals surface area (Å²) in [4.78, 5) is 16.3. The summed E-state index contributed by atoms with van der Waals surface area (Å²) in [5.74, 6) is 0.760. The number of halogens is 3. The number of fused-ring (bicyclic) bond motifs is 1. The average Bonchev–Trinajstić information content (AvgIpc) is 2.59. The zero-order chi connectivity index (χ0) is 18.0. The van der Waals surface area contributed by atoms with Crippen LogP contribution in [0.15, 0.2) is 56.9 Å². The van der Waals surface area contributed by atoms with Crippen molar-refractivity contribution in [1.29, 1.82) is 0 Å². The predicted octanol–water partition coefficient (Wildman–Crippen LogP) is 4.51. The number of hydrogen-bond acceptors (Lipinski definition) is 5. The summed E-state index contributed by atoms with van der Waals surface area (Å²) in [6.45, 7) is 0. The highest BCUT2D eigenvalue weighted by Gasteiger charge is 2.29. The Balaban J connectivity index is 1.83. The number of aromatic nitrogens is 1. The molecule has 2 aromatic carbocycles. The number of para-hydroxylation sites is 1. The van der Waals surface area contributed by atoms with Crippen LogP contribution in [0.5, 0.6) is 5.75 Å². The molecule has 3 aromatic rings. The number of alkyl halides is 3. The van der Waals surface area contributed by atoms with Gasteiger partial charge in [0.2, 0.25) is 0 Å². The first-order valence-corrected chi connectivity index (χ1v) is 8.14. The molecule has 3 rings (SSSR count). The highest BCUT2D eigenvalue weighted by atomic mass is 32.2. The lowest BCUT2D eigenvalue weighted by Crippen LogP contribution is -2.04. The monoisotopic (exact) mass is 367 g/mol. The SMILES string of the molecule is COc1cccc2c(=O)oc(SCc3ccc(C(F)(F)F)cc3)nc12. The van der Waals surface area contributed by atoms with E-state index in [4.69, 9.17) is 9.15 Å². The molecule has 4 nitrogen and oxygen atoms in total. The Morgan fingerprint density at radius 2 is 1.88 bits per heavy atom. The van der Waals surface area contributed by atoms with E-state index in [2.05, 4.69) is 4.98 Å². The van der Waals surface area contributed by atoms with E-state index in [0.29, 0.717) is 28.0 Å². The molecule has 0 aliphatic carbocycles. The number of benzene rings is 2. The van der Waals surface area contributed by atoms with Crippen LogP contribution in [-0.4, -0.2) is 12.1 Å². The maximum atomic E-state index is 12.6. The van der Waals surface area contributed by atoms with Crippen LogP contribution in [0.3, 0.4) is 0 Å². The van der Waals surface area contributed by atoms with E-state index in [-0.39, 0.29) is 5.22 Å². The van der Waals surface area contributed by atoms with E-state index in [0.717, 1.165) is 23.9 Å². The van der Waals surface area contributed by atoms with E-state index in [1.54, 1.807) is 18.2 Å². The molecule has 0 N–H and O–H groups in total. The summed E-state index contributed by atoms with van der Waals surface area (Å²) in [6, 6.07) is 9.73. The van der Waals surface area contributed by atoms with Crippen LogP contribution >= 0.6 is 11.8 Å². The third-order valence-electron chi connectivity index (χ3n) is 3.47. The molecule has 1 aromatic heterocycles. The zero-order valence-corrected chi connectivity index (χ0v) is 13.8. The summed E-state index contributed by atoms with van der Waals surface area (Å²) in [5, 5.41) is 0.431. The van der Waals surface area contributed by atoms with E-state index in [1.165, 1.54) is 19.2 Å². The van der Waals surface area contributed by atoms with Gasteiger partial charge in [0, 0.05) is 5.75 Å². The molecule has 8 heteroatoms. The van der Waals surface area contributed by atoms with Gasteiger partial charge in [-0.05, 0) is 29.8 Å². The van der Waals surface area contributed by atoms with Gasteiger partial charge in [-0.1, -0.05) is 30.0 Å². The standard InChI is InChI=1S/C17H12F3NO3S/c1-23-13-4-2-3-12-14(13)21-16(24-15(12)22)25-9-10-5-7-11(8-6-10)17(18,19)20/h2-8H,9H2,1H3. The van der Waals surface area contributed by atoms with Crippen molar-refractivity contribution in [3.63, 3.8) is 0 Å². The predicted molar refractivity (Wildman–Crippen MR) is 87.8 cm³/mol. The average molecular weight is 367 g/mol. The van der Waals surface area contributed by atoms with Gasteiger partial charge in [-0.2, -0.15) is 13.2 Å². The first-order valence-electron chi connectivity index (χ1n) is 7.15. The fourth-order valence-corrected chi connectivity index (χ4v) is 2.99. The van der Waals surface area contributed by atoms with E-state index < -0.39 is 17.4 Å². The summed E-state index contributed by atoms with van der Waals surface area (Å²) in [6.07, 6.45) is -4.37. The minimum absolute atomic E-state index is 0.127. The smallest absolute Gasteiger partial charge is 0.416 e. The highest BCUT2D eigenvalue weighted by molar-refractivity contribution is 7.98. The van der Waals surface area contributed by atoms with E-state index >= 15 is 0 Å². The normalized spacial score (nSPS) is 11.7. The van der Waals surface area contributed by atoms with Crippen molar-refractivity contribution in [3.8, 4) is 5.75 Å². The Morgan fingerprint density at radius 1 is 1.16 bits per heavy atom. The van der Waals surface area contributed by atoms with Crippen molar-refractivity contribution < 1.29 is 22.3 Å². The topological polar surface area (TPSA) is 52.3 Å². The number of ether oxygens (including phenoxy) is 1. The van der Waals surface area contributed by atoms with Crippen LogP contribution in [0.25, 0.3) is 10.9 Å². The van der Waals surface area contributed by atoms with Gasteiger partial charge in [-0.3, -0.25) is 0 Å². The van der Waals surface area contributed by atoms with Crippen LogP contribution in [-0.2, 0) is 11.9 Å². The van der Waals surface area contributed by atoms with Crippen molar-refractivity contribution in [2.24, 2.45) is 0 Å². The fourth-order valence-electron chi connectivity index (χ4n) is 2.21. The minimum atomic E-state index is -4.37. The lowest BCUT2D eigenvalue weighted by Gasteiger charge is -2.07. The number of rotatable bonds is 4. The lowest BCUT2D eigenvalue weighted by molar-refractivity contribution is -0.137. The summed E-state index contributed by atoms with van der Waals surface area (Å²) < 4.78 is 48.0. The van der Waals surface area contributed by atoms with Crippen molar-refractivity contribution in [2.45, 2.75) is 17.2 Å². The Morgan fingerprint density at radius 3 is 2.52 bits per heavy atom. The molecule has 0 atom stereocenters. The molecular weight excluding hydrogens is 355 g/mol. The van der Waals surface area contributed by atoms with Crippen LogP contribution in [0.1, 0.15) is 11.1 Å². The zero-order valence-electron chi connectivity index (χ0n) is 13.0. The van der Waals surface area contributed by atoms with E-state index in [1.807, 2.05) is 0 Å². The summed E-state index contributed by atoms with van der Waals surface area (Å²) >= 11 is 1.12. The molecule has 0 saturated heterocycles. The molecule has 1 heterocycles. The molecule has 0 amide bonds. The van der Waals surface area contributed by atoms with Crippen LogP contribution in [0, 0.1) is 0 Å². The third kappa shape index (κ3) is 3.79. The third-order valence-corrected chi connectivity index (χ3v) is 4.36. The van der Waals surface area contributed by atoms with E-state index in [9.17, 15) is 18.0 Å². The Labute approximate surface area is 144 Å². The van der Waals surface area contributed by atoms with Gasteiger partial charge in [-0.25, -0.2) is 9.78 Å². The van der Waals surface area contributed by atoms with Crippen molar-refractivity contribution in [2.75, 3.05) is 7.11 Å². The maximum absolute atomic E-state index is 12.6. The first-order chi connectivity index (χ1) is 11.9. The van der Waals surface area contributed by atoms with Crippen LogP contribution in [0.4, 0.5) is 13.2 Å². The lowest BCUT2D eigenvalue weighted by atomic mass is 10.1. The van der Waals surface area contributed by atoms with Gasteiger partial charge in [0.15, 0.2) is 0 Å². The first kappa shape index (κ1) is 17.3. The van der Waals surface area contributed by atoms with Gasteiger partial charge in [0.05, 0.1) is 18.1 Å². The molecule has 0 saturated carbocycles. The Hall–Kier alpha value is -2.48. The molecule has 0 aliphatic rings. The second-order valence-electron chi connectivity index (χ2n) is 5.11. The number of thioether (sulfide) groups is 1. The molecule has 0 fully saturated rings. The fraction of sp³-hybridized carbons (Fsp3) is 0.176. The number of nitrogens with zero attached hydrogens (tertiary/aromatic N) is 1. The quantitative estimate of drug-likeness (QED) is 0.635. The van der Waals surface area contributed by atoms with Crippen LogP contribution < -0.4 is 10.4 Å². The molecular formula is C17H12F3NO3S. The second-order valence-corrected chi connectivity index (χ2v) is 6.03. The summed E-state index contributed by atoms with van der Waals surface area (Å²) in [7, 11) is 1.47. The molecule has 0 unspecified atom stereocenters. The largest absolute Gasteiger partial charge is 0.494 e. The number of methoxy groups -OCH3 is 1. The van der Waals surface area contributed by atoms with Crippen molar-refractivity contribution in [1.82, 2.24) is 4.98 Å². The minimum Gasteiger partial charge on any atom is -0.494 e. The molecule has 0 aliphatic heterocycles. The van der Waals surface area contributed by atoms with Gasteiger partial charge < -0.3 is 9.15 Å². The highest BCUT2D eigenvalue weighted by Crippen LogP contribution is 2.30. The molecule has 0 spiro atoms. The Bertz CT molecular complexity index is 952. The molecule has 130 valence electrons.